The van der Waals surface area contributed by atoms with Gasteiger partial charge in [-0.3, -0.25) is 4.79 Å². The first-order valence-electron chi connectivity index (χ1n) is 7.13. The van der Waals surface area contributed by atoms with Crippen molar-refractivity contribution in [3.05, 3.63) is 29.3 Å². The first-order chi connectivity index (χ1) is 9.80. The highest BCUT2D eigenvalue weighted by Gasteiger charge is 2.68. The molecule has 2 atom stereocenters. The van der Waals surface area contributed by atoms with Gasteiger partial charge in [-0.2, -0.15) is 4.31 Å². The van der Waals surface area contributed by atoms with Gasteiger partial charge in [-0.25, -0.2) is 8.42 Å². The van der Waals surface area contributed by atoms with Crippen molar-refractivity contribution in [1.82, 2.24) is 4.31 Å². The van der Waals surface area contributed by atoms with E-state index in [0.29, 0.717) is 18.5 Å². The van der Waals surface area contributed by atoms with E-state index < -0.39 is 21.5 Å². The summed E-state index contributed by atoms with van der Waals surface area (Å²) in [5, 5.41) is 9.53. The summed E-state index contributed by atoms with van der Waals surface area (Å²) in [6, 6.07) is 5.15. The Morgan fingerprint density at radius 1 is 1.38 bits per heavy atom. The van der Waals surface area contributed by atoms with Gasteiger partial charge in [0.2, 0.25) is 10.0 Å². The molecule has 1 aliphatic carbocycles. The van der Waals surface area contributed by atoms with Gasteiger partial charge < -0.3 is 5.11 Å². The number of sulfonamides is 1. The second-order valence-electron chi connectivity index (χ2n) is 6.12. The van der Waals surface area contributed by atoms with Crippen LogP contribution < -0.4 is 0 Å². The fourth-order valence-corrected chi connectivity index (χ4v) is 5.60. The molecule has 6 heteroatoms. The minimum Gasteiger partial charge on any atom is -0.480 e. The van der Waals surface area contributed by atoms with E-state index >= 15 is 0 Å². The number of aliphatic carboxylic acids is 1. The lowest BCUT2D eigenvalue weighted by atomic mass is 10.1. The van der Waals surface area contributed by atoms with Crippen LogP contribution in [0.4, 0.5) is 0 Å². The summed E-state index contributed by atoms with van der Waals surface area (Å²) in [5.41, 5.74) is 0.453. The van der Waals surface area contributed by atoms with E-state index in [1.165, 1.54) is 4.31 Å². The van der Waals surface area contributed by atoms with E-state index in [9.17, 15) is 18.3 Å². The molecule has 0 radical (unpaired) electrons. The highest BCUT2D eigenvalue weighted by atomic mass is 32.2. The van der Waals surface area contributed by atoms with Crippen LogP contribution in [-0.2, 0) is 14.8 Å². The monoisotopic (exact) mass is 309 g/mol. The molecule has 5 nitrogen and oxygen atoms in total. The van der Waals surface area contributed by atoms with Crippen LogP contribution in [0.15, 0.2) is 23.1 Å². The van der Waals surface area contributed by atoms with Crippen LogP contribution in [-0.4, -0.2) is 35.9 Å². The van der Waals surface area contributed by atoms with Crippen molar-refractivity contribution in [2.75, 3.05) is 6.54 Å². The van der Waals surface area contributed by atoms with Crippen LogP contribution in [0.25, 0.3) is 0 Å². The molecule has 0 spiro atoms. The maximum absolute atomic E-state index is 12.9. The third-order valence-electron chi connectivity index (χ3n) is 4.70. The summed E-state index contributed by atoms with van der Waals surface area (Å²) in [4.78, 5) is 11.9. The summed E-state index contributed by atoms with van der Waals surface area (Å²) in [7, 11) is -3.77. The zero-order chi connectivity index (χ0) is 15.4. The fourth-order valence-electron chi connectivity index (χ4n) is 3.55. The molecule has 2 aliphatic rings. The van der Waals surface area contributed by atoms with Crippen LogP contribution >= 0.6 is 0 Å². The van der Waals surface area contributed by atoms with Gasteiger partial charge in [0, 0.05) is 6.54 Å². The molecular formula is C15H19NO4S. The summed E-state index contributed by atoms with van der Waals surface area (Å²) >= 11 is 0. The van der Waals surface area contributed by atoms with Crippen LogP contribution in [0.5, 0.6) is 0 Å². The molecule has 1 aliphatic heterocycles. The quantitative estimate of drug-likeness (QED) is 0.926. The molecule has 114 valence electrons. The van der Waals surface area contributed by atoms with Crippen molar-refractivity contribution in [1.29, 1.82) is 0 Å². The van der Waals surface area contributed by atoms with Gasteiger partial charge >= 0.3 is 5.97 Å². The van der Waals surface area contributed by atoms with Gasteiger partial charge in [-0.15, -0.1) is 0 Å². The molecule has 0 unspecified atom stereocenters. The minimum absolute atomic E-state index is 0.0377. The van der Waals surface area contributed by atoms with Crippen molar-refractivity contribution < 1.29 is 18.3 Å². The van der Waals surface area contributed by atoms with E-state index in [-0.39, 0.29) is 10.8 Å². The number of carboxylic acid groups (broad SMARTS) is 1. The van der Waals surface area contributed by atoms with E-state index in [0.717, 1.165) is 18.4 Å². The standard InChI is InChI=1S/C15H19NO4S/c1-10-5-6-13(11(2)8-10)21(19,20)16-7-3-4-12-9-15(12,16)14(17)18/h5-6,8,12H,3-4,7,9H2,1-2H3,(H,17,18)/t12-,15+/m1/s1. The number of carboxylic acids is 1. The number of fused-ring (bicyclic) bond motifs is 1. The summed E-state index contributed by atoms with van der Waals surface area (Å²) in [5.74, 6) is -1.05. The smallest absolute Gasteiger partial charge is 0.325 e. The molecule has 2 fully saturated rings. The Bertz CT molecular complexity index is 712. The Kier molecular flexibility index (Phi) is 3.15. The Hall–Kier alpha value is -1.40. The number of rotatable bonds is 3. The summed E-state index contributed by atoms with van der Waals surface area (Å²) in [6.07, 6.45) is 1.96. The van der Waals surface area contributed by atoms with Gasteiger partial charge in [0.1, 0.15) is 5.54 Å². The average molecular weight is 309 g/mol. The van der Waals surface area contributed by atoms with Crippen LogP contribution in [0.2, 0.25) is 0 Å². The lowest BCUT2D eigenvalue weighted by Crippen LogP contribution is -2.51. The fraction of sp³-hybridized carbons (Fsp3) is 0.533. The molecule has 0 bridgehead atoms. The zero-order valence-electron chi connectivity index (χ0n) is 12.2. The van der Waals surface area contributed by atoms with Crippen molar-refractivity contribution in [3.63, 3.8) is 0 Å². The molecule has 1 saturated heterocycles. The van der Waals surface area contributed by atoms with E-state index in [1.54, 1.807) is 19.1 Å². The van der Waals surface area contributed by atoms with E-state index in [1.807, 2.05) is 13.0 Å². The van der Waals surface area contributed by atoms with Gasteiger partial charge in [0.25, 0.3) is 0 Å². The Morgan fingerprint density at radius 2 is 2.10 bits per heavy atom. The topological polar surface area (TPSA) is 74.7 Å². The lowest BCUT2D eigenvalue weighted by molar-refractivity contribution is -0.144. The first kappa shape index (κ1) is 14.5. The third kappa shape index (κ3) is 2.00. The van der Waals surface area contributed by atoms with Gasteiger partial charge in [-0.1, -0.05) is 17.7 Å². The predicted molar refractivity (Wildman–Crippen MR) is 77.5 cm³/mol. The molecule has 1 aromatic rings. The number of hydrogen-bond acceptors (Lipinski definition) is 3. The zero-order valence-corrected chi connectivity index (χ0v) is 13.0. The lowest BCUT2D eigenvalue weighted by Gasteiger charge is -2.32. The molecule has 0 amide bonds. The number of aryl methyl sites for hydroxylation is 2. The van der Waals surface area contributed by atoms with Crippen molar-refractivity contribution in [2.24, 2.45) is 5.92 Å². The van der Waals surface area contributed by atoms with Gasteiger partial charge in [0.15, 0.2) is 0 Å². The Balaban J connectivity index is 2.07. The molecule has 1 N–H and O–H groups in total. The van der Waals surface area contributed by atoms with Crippen molar-refractivity contribution >= 4 is 16.0 Å². The maximum Gasteiger partial charge on any atom is 0.325 e. The number of piperidine rings is 1. The van der Waals surface area contributed by atoms with Crippen molar-refractivity contribution in [2.45, 2.75) is 43.5 Å². The van der Waals surface area contributed by atoms with Crippen LogP contribution in [0.1, 0.15) is 30.4 Å². The van der Waals surface area contributed by atoms with E-state index in [2.05, 4.69) is 0 Å². The molecule has 3 rings (SSSR count). The molecular weight excluding hydrogens is 290 g/mol. The van der Waals surface area contributed by atoms with Gasteiger partial charge in [0.05, 0.1) is 4.90 Å². The number of carbonyl (C=O) groups is 1. The summed E-state index contributed by atoms with van der Waals surface area (Å²) in [6.45, 7) is 3.94. The highest BCUT2D eigenvalue weighted by Crippen LogP contribution is 2.56. The molecule has 1 heterocycles. The van der Waals surface area contributed by atoms with Crippen LogP contribution in [0, 0.1) is 19.8 Å². The molecule has 1 aromatic carbocycles. The molecule has 1 saturated carbocycles. The normalized spacial score (nSPS) is 29.0. The average Bonchev–Trinajstić information content (AvgIpc) is 3.13. The maximum atomic E-state index is 12.9. The van der Waals surface area contributed by atoms with Crippen molar-refractivity contribution in [3.8, 4) is 0 Å². The second-order valence-corrected chi connectivity index (χ2v) is 7.95. The van der Waals surface area contributed by atoms with E-state index in [4.69, 9.17) is 0 Å². The SMILES string of the molecule is Cc1ccc(S(=O)(=O)N2CCC[C@@H]3C[C@@]32C(=O)O)c(C)c1. The first-order valence-corrected chi connectivity index (χ1v) is 8.57. The Labute approximate surface area is 124 Å². The Morgan fingerprint density at radius 3 is 2.71 bits per heavy atom. The number of nitrogens with zero attached hydrogens (tertiary/aromatic N) is 1. The molecule has 21 heavy (non-hydrogen) atoms. The molecule has 0 aromatic heterocycles. The number of benzene rings is 1. The third-order valence-corrected chi connectivity index (χ3v) is 6.80. The minimum atomic E-state index is -3.77. The van der Waals surface area contributed by atoms with Crippen LogP contribution in [0.3, 0.4) is 0 Å². The predicted octanol–water partition coefficient (Wildman–Crippen LogP) is 1.93. The highest BCUT2D eigenvalue weighted by molar-refractivity contribution is 7.89. The van der Waals surface area contributed by atoms with Gasteiger partial charge in [-0.05, 0) is 50.7 Å². The summed E-state index contributed by atoms with van der Waals surface area (Å²) < 4.78 is 27.1. The largest absolute Gasteiger partial charge is 0.480 e. The number of hydrogen-bond donors (Lipinski definition) is 1. The second kappa shape index (κ2) is 4.55.